The van der Waals surface area contributed by atoms with Crippen LogP contribution in [0, 0.1) is 0 Å². The quantitative estimate of drug-likeness (QED) is 0.727. The number of nitrogens with zero attached hydrogens (tertiary/aromatic N) is 1. The smallest absolute Gasteiger partial charge is 0.254 e. The molecule has 3 aromatic rings. The molecule has 2 heterocycles. The Balaban J connectivity index is 1.63. The second-order valence-electron chi connectivity index (χ2n) is 5.90. The minimum absolute atomic E-state index is 0.0157. The predicted octanol–water partition coefficient (Wildman–Crippen LogP) is 4.61. The normalized spacial score (nSPS) is 13.0. The van der Waals surface area contributed by atoms with Crippen LogP contribution in [0.5, 0.6) is 0 Å². The Morgan fingerprint density at radius 3 is 2.75 bits per heavy atom. The minimum atomic E-state index is -0.0157. The molecule has 1 N–H and O–H groups in total. The molecule has 122 valence electrons. The van der Waals surface area contributed by atoms with Crippen molar-refractivity contribution in [1.82, 2.24) is 9.88 Å². The Bertz CT molecular complexity index is 883. The molecule has 0 fully saturated rings. The zero-order valence-corrected chi connectivity index (χ0v) is 14.7. The first-order valence-corrected chi connectivity index (χ1v) is 9.23. The van der Waals surface area contributed by atoms with E-state index in [9.17, 15) is 4.79 Å². The number of aryl methyl sites for hydroxylation is 1. The molecule has 1 aliphatic carbocycles. The summed E-state index contributed by atoms with van der Waals surface area (Å²) in [7, 11) is 0. The van der Waals surface area contributed by atoms with Gasteiger partial charge in [0.2, 0.25) is 0 Å². The summed E-state index contributed by atoms with van der Waals surface area (Å²) in [5.41, 5.74) is 2.98. The van der Waals surface area contributed by atoms with Gasteiger partial charge in [-0.05, 0) is 48.6 Å². The van der Waals surface area contributed by atoms with Gasteiger partial charge in [0, 0.05) is 28.8 Å². The maximum absolute atomic E-state index is 12.9. The van der Waals surface area contributed by atoms with E-state index in [0.29, 0.717) is 11.6 Å². The lowest BCUT2D eigenvalue weighted by Crippen LogP contribution is -2.24. The molecule has 0 aliphatic heterocycles. The number of aromatic nitrogens is 1. The van der Waals surface area contributed by atoms with Gasteiger partial charge in [0.15, 0.2) is 0 Å². The first-order chi connectivity index (χ1) is 11.7. The maximum Gasteiger partial charge on any atom is 0.254 e. The number of hydrogen-bond acceptors (Lipinski definition) is 2. The zero-order valence-electron chi connectivity index (χ0n) is 13.1. The van der Waals surface area contributed by atoms with E-state index in [2.05, 4.69) is 5.32 Å². The van der Waals surface area contributed by atoms with Crippen molar-refractivity contribution in [3.05, 3.63) is 75.4 Å². The van der Waals surface area contributed by atoms with Crippen LogP contribution in [0.3, 0.4) is 0 Å². The summed E-state index contributed by atoms with van der Waals surface area (Å²) in [4.78, 5) is 14.3. The molecule has 0 spiro atoms. The lowest BCUT2D eigenvalue weighted by molar-refractivity contribution is 0.0950. The molecule has 0 saturated carbocycles. The molecule has 0 radical (unpaired) electrons. The molecule has 5 heteroatoms. The highest BCUT2D eigenvalue weighted by Gasteiger charge is 2.27. The highest BCUT2D eigenvalue weighted by Crippen LogP contribution is 2.37. The van der Waals surface area contributed by atoms with Crippen LogP contribution in [0.2, 0.25) is 5.02 Å². The monoisotopic (exact) mass is 356 g/mol. The Morgan fingerprint density at radius 1 is 1.17 bits per heavy atom. The molecular weight excluding hydrogens is 340 g/mol. The molecule has 1 amide bonds. The van der Waals surface area contributed by atoms with Gasteiger partial charge in [-0.2, -0.15) is 0 Å². The van der Waals surface area contributed by atoms with Gasteiger partial charge in [0.05, 0.1) is 5.56 Å². The highest BCUT2D eigenvalue weighted by molar-refractivity contribution is 7.15. The maximum atomic E-state index is 12.9. The number of nitrogens with one attached hydrogen (secondary N) is 1. The van der Waals surface area contributed by atoms with Crippen LogP contribution < -0.4 is 5.32 Å². The number of benzene rings is 1. The van der Waals surface area contributed by atoms with E-state index in [0.717, 1.165) is 35.4 Å². The standard InChI is InChI=1S/C19H17ClN2OS/c20-15-8-2-1-6-13(15)12-21-18(23)17-14-7-5-9-16(14)24-19(17)22-10-3-4-11-22/h1-4,6,8,10-11H,5,7,9,12H2,(H,21,23). The molecule has 0 atom stereocenters. The molecule has 1 aromatic carbocycles. The van der Waals surface area contributed by atoms with Gasteiger partial charge < -0.3 is 9.88 Å². The Hall–Kier alpha value is -2.04. The minimum Gasteiger partial charge on any atom is -0.348 e. The van der Waals surface area contributed by atoms with Crippen molar-refractivity contribution in [3.8, 4) is 5.00 Å². The summed E-state index contributed by atoms with van der Waals surface area (Å²) in [6.07, 6.45) is 7.18. The van der Waals surface area contributed by atoms with Gasteiger partial charge in [-0.15, -0.1) is 11.3 Å². The van der Waals surface area contributed by atoms with Crippen molar-refractivity contribution in [1.29, 1.82) is 0 Å². The lowest BCUT2D eigenvalue weighted by Gasteiger charge is -2.10. The summed E-state index contributed by atoms with van der Waals surface area (Å²) in [5, 5.41) is 4.74. The molecule has 3 nitrogen and oxygen atoms in total. The van der Waals surface area contributed by atoms with Crippen molar-refractivity contribution in [2.45, 2.75) is 25.8 Å². The molecule has 24 heavy (non-hydrogen) atoms. The molecule has 0 saturated heterocycles. The van der Waals surface area contributed by atoms with Crippen molar-refractivity contribution in [3.63, 3.8) is 0 Å². The Morgan fingerprint density at radius 2 is 1.96 bits per heavy atom. The van der Waals surface area contributed by atoms with Crippen LogP contribution >= 0.6 is 22.9 Å². The third-order valence-electron chi connectivity index (χ3n) is 4.37. The number of halogens is 1. The van der Waals surface area contributed by atoms with Crippen molar-refractivity contribution < 1.29 is 4.79 Å². The molecular formula is C19H17ClN2OS. The second kappa shape index (κ2) is 6.46. The van der Waals surface area contributed by atoms with Crippen LogP contribution in [-0.4, -0.2) is 10.5 Å². The van der Waals surface area contributed by atoms with E-state index in [-0.39, 0.29) is 5.91 Å². The fraction of sp³-hybridized carbons (Fsp3) is 0.211. The average molecular weight is 357 g/mol. The third-order valence-corrected chi connectivity index (χ3v) is 6.04. The Kier molecular flexibility index (Phi) is 4.17. The predicted molar refractivity (Wildman–Crippen MR) is 98.3 cm³/mol. The van der Waals surface area contributed by atoms with Gasteiger partial charge in [0.25, 0.3) is 5.91 Å². The molecule has 1 aliphatic rings. The number of rotatable bonds is 4. The first-order valence-electron chi connectivity index (χ1n) is 8.03. The van der Waals surface area contributed by atoms with Gasteiger partial charge >= 0.3 is 0 Å². The number of hydrogen-bond donors (Lipinski definition) is 1. The lowest BCUT2D eigenvalue weighted by atomic mass is 10.1. The molecule has 2 aromatic heterocycles. The Labute approximate surface area is 149 Å². The number of fused-ring (bicyclic) bond motifs is 1. The van der Waals surface area contributed by atoms with E-state index in [1.165, 1.54) is 10.4 Å². The van der Waals surface area contributed by atoms with Crippen molar-refractivity contribution >= 4 is 28.8 Å². The summed E-state index contributed by atoms with van der Waals surface area (Å²) in [5.74, 6) is -0.0157. The number of carbonyl (C=O) groups excluding carboxylic acids is 1. The van der Waals surface area contributed by atoms with E-state index in [1.807, 2.05) is 53.4 Å². The summed E-state index contributed by atoms with van der Waals surface area (Å²) in [6.45, 7) is 0.439. The van der Waals surface area contributed by atoms with Gasteiger partial charge in [0.1, 0.15) is 5.00 Å². The fourth-order valence-corrected chi connectivity index (χ4v) is 4.74. The largest absolute Gasteiger partial charge is 0.348 e. The van der Waals surface area contributed by atoms with Gasteiger partial charge in [-0.1, -0.05) is 29.8 Å². The van der Waals surface area contributed by atoms with Gasteiger partial charge in [-0.3, -0.25) is 4.79 Å². The fourth-order valence-electron chi connectivity index (χ4n) is 3.18. The summed E-state index contributed by atoms with van der Waals surface area (Å²) >= 11 is 7.92. The van der Waals surface area contributed by atoms with Crippen LogP contribution in [-0.2, 0) is 19.4 Å². The molecule has 4 rings (SSSR count). The first kappa shape index (κ1) is 15.5. The van der Waals surface area contributed by atoms with Gasteiger partial charge in [-0.25, -0.2) is 0 Å². The average Bonchev–Trinajstić information content (AvgIpc) is 3.29. The number of amides is 1. The van der Waals surface area contributed by atoms with Crippen LogP contribution in [0.1, 0.15) is 32.8 Å². The van der Waals surface area contributed by atoms with E-state index in [1.54, 1.807) is 11.3 Å². The van der Waals surface area contributed by atoms with E-state index < -0.39 is 0 Å². The summed E-state index contributed by atoms with van der Waals surface area (Å²) < 4.78 is 2.04. The van der Waals surface area contributed by atoms with Crippen molar-refractivity contribution in [2.75, 3.05) is 0 Å². The topological polar surface area (TPSA) is 34.0 Å². The van der Waals surface area contributed by atoms with E-state index in [4.69, 9.17) is 11.6 Å². The second-order valence-corrected chi connectivity index (χ2v) is 7.39. The zero-order chi connectivity index (χ0) is 16.5. The highest BCUT2D eigenvalue weighted by atomic mass is 35.5. The number of thiophene rings is 1. The van der Waals surface area contributed by atoms with Crippen LogP contribution in [0.15, 0.2) is 48.8 Å². The SMILES string of the molecule is O=C(NCc1ccccc1Cl)c1c(-n2cccc2)sc2c1CCC2. The molecule has 0 bridgehead atoms. The third kappa shape index (κ3) is 2.76. The van der Waals surface area contributed by atoms with Crippen LogP contribution in [0.4, 0.5) is 0 Å². The summed E-state index contributed by atoms with van der Waals surface area (Å²) in [6, 6.07) is 11.6. The van der Waals surface area contributed by atoms with E-state index >= 15 is 0 Å². The molecule has 0 unspecified atom stereocenters. The number of carbonyl (C=O) groups is 1. The van der Waals surface area contributed by atoms with Crippen LogP contribution in [0.25, 0.3) is 5.00 Å². The van der Waals surface area contributed by atoms with Crippen molar-refractivity contribution in [2.24, 2.45) is 0 Å².